The molecule has 0 saturated carbocycles. The van der Waals surface area contributed by atoms with Crippen molar-refractivity contribution < 1.29 is 0 Å². The normalized spacial score (nSPS) is 29.5. The van der Waals surface area contributed by atoms with Gasteiger partial charge in [0, 0.05) is 12.6 Å². The average Bonchev–Trinajstić information content (AvgIpc) is 2.61. The Bertz CT molecular complexity index is 204. The minimum atomic E-state index is 0.824. The van der Waals surface area contributed by atoms with Crippen LogP contribution >= 0.6 is 0 Å². The van der Waals surface area contributed by atoms with Gasteiger partial charge in [-0.3, -0.25) is 0 Å². The van der Waals surface area contributed by atoms with E-state index in [2.05, 4.69) is 29.2 Å². The van der Waals surface area contributed by atoms with Crippen molar-refractivity contribution in [1.29, 1.82) is 0 Å². The van der Waals surface area contributed by atoms with Gasteiger partial charge < -0.3 is 15.1 Å². The summed E-state index contributed by atoms with van der Waals surface area (Å²) in [6.07, 6.45) is 6.86. The summed E-state index contributed by atoms with van der Waals surface area (Å²) in [6.45, 7) is 6.34. The quantitative estimate of drug-likeness (QED) is 0.803. The first-order valence-electron chi connectivity index (χ1n) is 7.35. The van der Waals surface area contributed by atoms with E-state index < -0.39 is 0 Å². The second-order valence-electron chi connectivity index (χ2n) is 6.02. The summed E-state index contributed by atoms with van der Waals surface area (Å²) in [7, 11) is 4.59. The van der Waals surface area contributed by atoms with Crippen molar-refractivity contribution in [1.82, 2.24) is 15.1 Å². The van der Waals surface area contributed by atoms with E-state index in [1.54, 1.807) is 0 Å². The zero-order chi connectivity index (χ0) is 12.1. The van der Waals surface area contributed by atoms with Crippen molar-refractivity contribution in [2.75, 3.05) is 46.8 Å². The molecule has 1 N–H and O–H groups in total. The predicted octanol–water partition coefficient (Wildman–Crippen LogP) is 1.40. The fourth-order valence-electron chi connectivity index (χ4n) is 3.24. The molecule has 0 radical (unpaired) electrons. The molecule has 2 rings (SSSR count). The number of likely N-dealkylation sites (tertiary alicyclic amines) is 1. The van der Waals surface area contributed by atoms with Crippen LogP contribution in [0.25, 0.3) is 0 Å². The smallest absolute Gasteiger partial charge is 0.0105 e. The lowest BCUT2D eigenvalue weighted by Gasteiger charge is -2.34. The molecule has 17 heavy (non-hydrogen) atoms. The fourth-order valence-corrected chi connectivity index (χ4v) is 3.24. The lowest BCUT2D eigenvalue weighted by atomic mass is 9.95. The van der Waals surface area contributed by atoms with E-state index >= 15 is 0 Å². The van der Waals surface area contributed by atoms with Gasteiger partial charge in [0.1, 0.15) is 0 Å². The van der Waals surface area contributed by atoms with E-state index in [-0.39, 0.29) is 0 Å². The number of hydrogen-bond donors (Lipinski definition) is 1. The van der Waals surface area contributed by atoms with Gasteiger partial charge in [-0.15, -0.1) is 0 Å². The third kappa shape index (κ3) is 4.23. The molecule has 0 aromatic carbocycles. The topological polar surface area (TPSA) is 18.5 Å². The molecule has 2 aliphatic rings. The molecule has 3 nitrogen and oxygen atoms in total. The van der Waals surface area contributed by atoms with Gasteiger partial charge in [-0.2, -0.15) is 0 Å². The van der Waals surface area contributed by atoms with E-state index in [0.29, 0.717) is 0 Å². The molecule has 0 aliphatic carbocycles. The predicted molar refractivity (Wildman–Crippen MR) is 73.4 cm³/mol. The van der Waals surface area contributed by atoms with Crippen LogP contribution in [-0.2, 0) is 0 Å². The molecule has 1 unspecified atom stereocenters. The van der Waals surface area contributed by atoms with Gasteiger partial charge in [-0.1, -0.05) is 0 Å². The largest absolute Gasteiger partial charge is 0.317 e. The van der Waals surface area contributed by atoms with Gasteiger partial charge >= 0.3 is 0 Å². The summed E-state index contributed by atoms with van der Waals surface area (Å²) < 4.78 is 0. The first kappa shape index (κ1) is 13.3. The highest BCUT2D eigenvalue weighted by Crippen LogP contribution is 2.20. The van der Waals surface area contributed by atoms with Crippen LogP contribution in [0.1, 0.15) is 32.1 Å². The van der Waals surface area contributed by atoms with E-state index in [9.17, 15) is 0 Å². The highest BCUT2D eigenvalue weighted by molar-refractivity contribution is 4.78. The van der Waals surface area contributed by atoms with E-state index in [0.717, 1.165) is 12.0 Å². The van der Waals surface area contributed by atoms with Gasteiger partial charge in [0.2, 0.25) is 0 Å². The number of nitrogens with zero attached hydrogens (tertiary/aromatic N) is 2. The number of rotatable bonds is 3. The van der Waals surface area contributed by atoms with Crippen LogP contribution < -0.4 is 5.32 Å². The molecular weight excluding hydrogens is 210 g/mol. The van der Waals surface area contributed by atoms with Crippen LogP contribution in [0, 0.1) is 5.92 Å². The summed E-state index contributed by atoms with van der Waals surface area (Å²) in [5.41, 5.74) is 0. The van der Waals surface area contributed by atoms with Gasteiger partial charge in [0.25, 0.3) is 0 Å². The maximum Gasteiger partial charge on any atom is 0.0105 e. The number of nitrogens with one attached hydrogen (secondary N) is 1. The van der Waals surface area contributed by atoms with Crippen molar-refractivity contribution in [2.45, 2.75) is 38.1 Å². The van der Waals surface area contributed by atoms with E-state index in [1.165, 1.54) is 64.8 Å². The van der Waals surface area contributed by atoms with Crippen molar-refractivity contribution >= 4 is 0 Å². The summed E-state index contributed by atoms with van der Waals surface area (Å²) in [6, 6.07) is 0.824. The van der Waals surface area contributed by atoms with Crippen molar-refractivity contribution in [3.05, 3.63) is 0 Å². The lowest BCUT2D eigenvalue weighted by Crippen LogP contribution is -2.40. The Labute approximate surface area is 107 Å². The maximum absolute atomic E-state index is 3.51. The second kappa shape index (κ2) is 6.72. The maximum atomic E-state index is 3.51. The first-order valence-corrected chi connectivity index (χ1v) is 7.35. The van der Waals surface area contributed by atoms with Crippen LogP contribution in [-0.4, -0.2) is 62.7 Å². The Morgan fingerprint density at radius 3 is 2.65 bits per heavy atom. The number of piperidine rings is 1. The zero-order valence-corrected chi connectivity index (χ0v) is 11.6. The zero-order valence-electron chi connectivity index (χ0n) is 11.6. The summed E-state index contributed by atoms with van der Waals surface area (Å²) in [4.78, 5) is 5.11. The van der Waals surface area contributed by atoms with Crippen molar-refractivity contribution in [2.24, 2.45) is 5.92 Å². The minimum absolute atomic E-state index is 0.824. The highest BCUT2D eigenvalue weighted by Gasteiger charge is 2.22. The number of hydrogen-bond acceptors (Lipinski definition) is 3. The molecule has 100 valence electrons. The molecule has 0 amide bonds. The summed E-state index contributed by atoms with van der Waals surface area (Å²) >= 11 is 0. The molecule has 0 aromatic heterocycles. The standard InChI is InChI=1S/C14H29N3/c1-16-10-6-13(7-11-16)12-17(2)14-4-3-8-15-9-5-14/h13-15H,3-12H2,1-2H3. The van der Waals surface area contributed by atoms with E-state index in [1.807, 2.05) is 0 Å². The molecule has 3 heteroatoms. The second-order valence-corrected chi connectivity index (χ2v) is 6.02. The Balaban J connectivity index is 1.73. The summed E-state index contributed by atoms with van der Waals surface area (Å²) in [5.74, 6) is 0.937. The molecule has 0 aromatic rings. The first-order chi connectivity index (χ1) is 8.25. The molecule has 1 atom stereocenters. The lowest BCUT2D eigenvalue weighted by molar-refractivity contribution is 0.143. The fraction of sp³-hybridized carbons (Fsp3) is 1.00. The van der Waals surface area contributed by atoms with Crippen LogP contribution in [0.15, 0.2) is 0 Å². The van der Waals surface area contributed by atoms with E-state index in [4.69, 9.17) is 0 Å². The van der Waals surface area contributed by atoms with Gasteiger partial charge in [-0.05, 0) is 78.3 Å². The SMILES string of the molecule is CN1CCC(CN(C)C2CCCNCC2)CC1. The molecular formula is C14H29N3. The minimum Gasteiger partial charge on any atom is -0.317 e. The third-order valence-corrected chi connectivity index (χ3v) is 4.55. The van der Waals surface area contributed by atoms with Crippen molar-refractivity contribution in [3.63, 3.8) is 0 Å². The molecule has 0 bridgehead atoms. The highest BCUT2D eigenvalue weighted by atomic mass is 15.1. The average molecular weight is 239 g/mol. The Morgan fingerprint density at radius 1 is 1.12 bits per heavy atom. The van der Waals surface area contributed by atoms with Gasteiger partial charge in [0.15, 0.2) is 0 Å². The van der Waals surface area contributed by atoms with Crippen molar-refractivity contribution in [3.8, 4) is 0 Å². The summed E-state index contributed by atoms with van der Waals surface area (Å²) in [5, 5.41) is 3.51. The molecule has 0 spiro atoms. The molecule has 2 aliphatic heterocycles. The monoisotopic (exact) mass is 239 g/mol. The third-order valence-electron chi connectivity index (χ3n) is 4.55. The van der Waals surface area contributed by atoms with Crippen LogP contribution in [0.4, 0.5) is 0 Å². The van der Waals surface area contributed by atoms with Crippen LogP contribution in [0.3, 0.4) is 0 Å². The van der Waals surface area contributed by atoms with Gasteiger partial charge in [-0.25, -0.2) is 0 Å². The van der Waals surface area contributed by atoms with Crippen LogP contribution in [0.2, 0.25) is 0 Å². The Kier molecular flexibility index (Phi) is 5.26. The van der Waals surface area contributed by atoms with Crippen LogP contribution in [0.5, 0.6) is 0 Å². The Morgan fingerprint density at radius 2 is 1.88 bits per heavy atom. The van der Waals surface area contributed by atoms with Gasteiger partial charge in [0.05, 0.1) is 0 Å². The molecule has 2 saturated heterocycles. The molecule has 2 fully saturated rings. The molecule has 2 heterocycles. The Hall–Kier alpha value is -0.120.